The summed E-state index contributed by atoms with van der Waals surface area (Å²) < 4.78 is 50.1. The Labute approximate surface area is 310 Å². The number of rotatable bonds is 11. The van der Waals surface area contributed by atoms with Crippen molar-refractivity contribution in [1.29, 1.82) is 0 Å². The van der Waals surface area contributed by atoms with Gasteiger partial charge < -0.3 is 119 Å². The second-order valence-electron chi connectivity index (χ2n) is 14.0. The summed E-state index contributed by atoms with van der Waals surface area (Å²) in [6.07, 6.45) is -47.4. The van der Waals surface area contributed by atoms with Gasteiger partial charge in [-0.05, 0) is 13.8 Å². The smallest absolute Gasteiger partial charge is 0.335 e. The standard InChI is InChI=1S/C30H50O25/c1-5-9(33)13(37)17(41)27(47-5)53-22-15(39)10(34)6(2)48-29(22)54-23-16(40)12(36)8(4-32)50-30(23)52-20-19(43)21(25(44)45)51-26(46)24(20)55-28-18(42)14(38)11(35)7(3-31)49-28/h5-24,26-43,46H,3-4H2,1-2H3,(H,44,45)/t5-,6-,7+,8+,9-,10-,11+,12-,13+,14-,15+,16-,17+,18+,19-,20-,21-,22+,23+,24+,26?,27-,28-,29-,30-/m0/s1. The van der Waals surface area contributed by atoms with Crippen molar-refractivity contribution < 1.29 is 124 Å². The third kappa shape index (κ3) is 8.94. The lowest BCUT2D eigenvalue weighted by molar-refractivity contribution is -0.407. The van der Waals surface area contributed by atoms with Gasteiger partial charge in [-0.3, -0.25) is 0 Å². The highest BCUT2D eigenvalue weighted by molar-refractivity contribution is 5.73. The maximum absolute atomic E-state index is 12.0. The van der Waals surface area contributed by atoms with Crippen molar-refractivity contribution >= 4 is 5.97 Å². The van der Waals surface area contributed by atoms with Gasteiger partial charge in [0.1, 0.15) is 104 Å². The first kappa shape index (κ1) is 44.6. The molecule has 5 saturated heterocycles. The van der Waals surface area contributed by atoms with Crippen molar-refractivity contribution in [3.63, 3.8) is 0 Å². The molecule has 15 N–H and O–H groups in total. The Bertz CT molecular complexity index is 1250. The summed E-state index contributed by atoms with van der Waals surface area (Å²) in [6, 6.07) is 0. The molecule has 5 aliphatic rings. The molecule has 25 atom stereocenters. The zero-order valence-electron chi connectivity index (χ0n) is 29.1. The summed E-state index contributed by atoms with van der Waals surface area (Å²) in [4.78, 5) is 12.0. The Morgan fingerprint density at radius 3 is 1.36 bits per heavy atom. The molecule has 0 spiro atoms. The first-order chi connectivity index (χ1) is 25.8. The van der Waals surface area contributed by atoms with Gasteiger partial charge in [0.05, 0.1) is 25.4 Å². The van der Waals surface area contributed by atoms with Crippen LogP contribution in [-0.2, 0) is 47.4 Å². The molecule has 0 saturated carbocycles. The van der Waals surface area contributed by atoms with Crippen LogP contribution in [0.3, 0.4) is 0 Å². The van der Waals surface area contributed by atoms with E-state index in [0.29, 0.717) is 0 Å². The van der Waals surface area contributed by atoms with Gasteiger partial charge in [-0.2, -0.15) is 0 Å². The molecule has 0 aliphatic carbocycles. The lowest BCUT2D eigenvalue weighted by Gasteiger charge is -2.50. The zero-order chi connectivity index (χ0) is 40.8. The molecule has 0 aromatic carbocycles. The summed E-state index contributed by atoms with van der Waals surface area (Å²) in [7, 11) is 0. The first-order valence-electron chi connectivity index (χ1n) is 17.3. The first-order valence-corrected chi connectivity index (χ1v) is 17.3. The predicted molar refractivity (Wildman–Crippen MR) is 164 cm³/mol. The Morgan fingerprint density at radius 1 is 0.436 bits per heavy atom. The fourth-order valence-electron chi connectivity index (χ4n) is 6.84. The van der Waals surface area contributed by atoms with Crippen LogP contribution in [0.25, 0.3) is 0 Å². The molecule has 320 valence electrons. The second-order valence-corrected chi connectivity index (χ2v) is 14.0. The van der Waals surface area contributed by atoms with Gasteiger partial charge in [0.25, 0.3) is 0 Å². The number of aliphatic carboxylic acids is 1. The third-order valence-electron chi connectivity index (χ3n) is 10.2. The molecular weight excluding hydrogens is 760 g/mol. The summed E-state index contributed by atoms with van der Waals surface area (Å²) in [5.41, 5.74) is 0. The number of hydrogen-bond donors (Lipinski definition) is 15. The molecule has 25 heteroatoms. The Balaban J connectivity index is 1.46. The average molecular weight is 811 g/mol. The molecule has 5 aliphatic heterocycles. The number of carbonyl (C=O) groups is 1. The second kappa shape index (κ2) is 18.2. The number of carboxylic acids is 1. The van der Waals surface area contributed by atoms with E-state index >= 15 is 0 Å². The van der Waals surface area contributed by atoms with E-state index in [1.807, 2.05) is 0 Å². The molecule has 5 fully saturated rings. The van der Waals surface area contributed by atoms with E-state index in [-0.39, 0.29) is 0 Å². The minimum Gasteiger partial charge on any atom is -0.479 e. The van der Waals surface area contributed by atoms with Crippen molar-refractivity contribution in [2.24, 2.45) is 0 Å². The Kier molecular flexibility index (Phi) is 14.8. The summed E-state index contributed by atoms with van der Waals surface area (Å²) in [6.45, 7) is 0.737. The number of carboxylic acid groups (broad SMARTS) is 1. The highest BCUT2D eigenvalue weighted by Gasteiger charge is 2.57. The van der Waals surface area contributed by atoms with Crippen LogP contribution >= 0.6 is 0 Å². The number of ether oxygens (including phenoxy) is 9. The summed E-state index contributed by atoms with van der Waals surface area (Å²) in [5.74, 6) is -1.83. The van der Waals surface area contributed by atoms with Gasteiger partial charge in [0.15, 0.2) is 37.6 Å². The molecule has 0 bridgehead atoms. The molecule has 1 unspecified atom stereocenters. The summed E-state index contributed by atoms with van der Waals surface area (Å²) >= 11 is 0. The largest absolute Gasteiger partial charge is 0.479 e. The van der Waals surface area contributed by atoms with Crippen LogP contribution in [-0.4, -0.2) is 249 Å². The minimum atomic E-state index is -2.34. The Hall–Kier alpha value is -1.45. The van der Waals surface area contributed by atoms with Gasteiger partial charge >= 0.3 is 5.97 Å². The fourth-order valence-corrected chi connectivity index (χ4v) is 6.84. The minimum absolute atomic E-state index is 0.901. The quantitative estimate of drug-likeness (QED) is 0.0921. The van der Waals surface area contributed by atoms with E-state index in [9.17, 15) is 81.4 Å². The van der Waals surface area contributed by atoms with Gasteiger partial charge in [0, 0.05) is 0 Å². The van der Waals surface area contributed by atoms with Crippen molar-refractivity contribution in [3.05, 3.63) is 0 Å². The van der Waals surface area contributed by atoms with Crippen molar-refractivity contribution in [3.8, 4) is 0 Å². The van der Waals surface area contributed by atoms with Crippen LogP contribution in [0.2, 0.25) is 0 Å². The molecule has 25 nitrogen and oxygen atoms in total. The predicted octanol–water partition coefficient (Wildman–Crippen LogP) is -9.78. The van der Waals surface area contributed by atoms with Crippen LogP contribution < -0.4 is 0 Å². The van der Waals surface area contributed by atoms with E-state index < -0.39 is 173 Å². The number of aliphatic hydroxyl groups is 14. The van der Waals surface area contributed by atoms with Crippen LogP contribution in [0.1, 0.15) is 13.8 Å². The van der Waals surface area contributed by atoms with Crippen molar-refractivity contribution in [2.75, 3.05) is 13.2 Å². The Morgan fingerprint density at radius 2 is 0.818 bits per heavy atom. The number of aliphatic hydroxyl groups excluding tert-OH is 14. The molecule has 55 heavy (non-hydrogen) atoms. The van der Waals surface area contributed by atoms with Gasteiger partial charge in [-0.15, -0.1) is 0 Å². The van der Waals surface area contributed by atoms with E-state index in [1.165, 1.54) is 13.8 Å². The highest BCUT2D eigenvalue weighted by atomic mass is 16.8. The fraction of sp³-hybridized carbons (Fsp3) is 0.967. The van der Waals surface area contributed by atoms with Crippen LogP contribution in [0.4, 0.5) is 0 Å². The van der Waals surface area contributed by atoms with Crippen LogP contribution in [0, 0.1) is 0 Å². The SMILES string of the molecule is C[C@@H]1O[C@@H](O[C@H]2[C@H](O[C@H]3[C@H](O[C@H]4[C@H](O)[C@@H](C(=O)O)OC(O)[C@@H]4O[C@@H]4O[C@H](CO)[C@@H](O)[C@H](O)[C@H]4O)O[C@H](CO)[C@H](O)[C@@H]3O)O[C@@H](C)[C@H](O)[C@H]2O)[C@H](O)[C@H](O)[C@H]1O. The van der Waals surface area contributed by atoms with Crippen molar-refractivity contribution in [2.45, 2.75) is 167 Å². The van der Waals surface area contributed by atoms with E-state index in [1.54, 1.807) is 0 Å². The van der Waals surface area contributed by atoms with Gasteiger partial charge in [-0.1, -0.05) is 0 Å². The molecular formula is C30H50O25. The maximum Gasteiger partial charge on any atom is 0.335 e. The molecule has 5 heterocycles. The average Bonchev–Trinajstić information content (AvgIpc) is 3.15. The molecule has 0 radical (unpaired) electrons. The van der Waals surface area contributed by atoms with Crippen LogP contribution in [0.15, 0.2) is 0 Å². The molecule has 0 aromatic rings. The summed E-state index contributed by atoms with van der Waals surface area (Å²) in [5, 5.41) is 157. The molecule has 0 amide bonds. The highest BCUT2D eigenvalue weighted by Crippen LogP contribution is 2.36. The monoisotopic (exact) mass is 810 g/mol. The lowest BCUT2D eigenvalue weighted by Crippen LogP contribution is -2.68. The van der Waals surface area contributed by atoms with Gasteiger partial charge in [0.2, 0.25) is 0 Å². The number of hydrogen-bond acceptors (Lipinski definition) is 24. The van der Waals surface area contributed by atoms with E-state index in [4.69, 9.17) is 42.6 Å². The zero-order valence-corrected chi connectivity index (χ0v) is 29.1. The van der Waals surface area contributed by atoms with Crippen molar-refractivity contribution in [1.82, 2.24) is 0 Å². The van der Waals surface area contributed by atoms with E-state index in [2.05, 4.69) is 0 Å². The molecule has 5 rings (SSSR count). The topological polar surface area (TPSA) is 404 Å². The third-order valence-corrected chi connectivity index (χ3v) is 10.2. The maximum atomic E-state index is 12.0. The normalized spacial score (nSPS) is 53.9. The van der Waals surface area contributed by atoms with Gasteiger partial charge in [-0.25, -0.2) is 4.79 Å². The lowest BCUT2D eigenvalue weighted by atomic mass is 9.95. The van der Waals surface area contributed by atoms with E-state index in [0.717, 1.165) is 0 Å². The molecule has 0 aromatic heterocycles. The van der Waals surface area contributed by atoms with Crippen LogP contribution in [0.5, 0.6) is 0 Å².